The van der Waals surface area contributed by atoms with Crippen LogP contribution < -0.4 is 10.2 Å². The topological polar surface area (TPSA) is 94.8 Å². The number of nitrogens with zero attached hydrogens (tertiary/aromatic N) is 5. The quantitative estimate of drug-likeness (QED) is 0.709. The minimum absolute atomic E-state index is 0.0372. The van der Waals surface area contributed by atoms with Crippen molar-refractivity contribution >= 4 is 17.8 Å². The largest absolute Gasteiger partial charge is 0.467 e. The number of hydrogen-bond acceptors (Lipinski definition) is 7. The maximum atomic E-state index is 12.6. The van der Waals surface area contributed by atoms with E-state index in [0.29, 0.717) is 26.1 Å². The van der Waals surface area contributed by atoms with E-state index in [1.165, 1.54) is 0 Å². The molecule has 9 nitrogen and oxygen atoms in total. The molecule has 0 radical (unpaired) electrons. The Hall–Kier alpha value is -2.94. The van der Waals surface area contributed by atoms with Crippen LogP contribution in [-0.4, -0.2) is 77.4 Å². The third-order valence-electron chi connectivity index (χ3n) is 6.08. The average Bonchev–Trinajstić information content (AvgIpc) is 3.36. The van der Waals surface area contributed by atoms with Crippen molar-refractivity contribution in [1.29, 1.82) is 0 Å². The number of likely N-dealkylation sites (tertiary alicyclic amines) is 1. The minimum Gasteiger partial charge on any atom is -0.467 e. The van der Waals surface area contributed by atoms with E-state index in [0.717, 1.165) is 57.3 Å². The Kier molecular flexibility index (Phi) is 7.14. The van der Waals surface area contributed by atoms with Gasteiger partial charge >= 0.3 is 0 Å². The van der Waals surface area contributed by atoms with E-state index in [9.17, 15) is 9.59 Å². The molecule has 4 rings (SSSR count). The van der Waals surface area contributed by atoms with Gasteiger partial charge in [0, 0.05) is 57.5 Å². The normalized spacial score (nSPS) is 18.2. The first-order valence-corrected chi connectivity index (χ1v) is 11.0. The van der Waals surface area contributed by atoms with Gasteiger partial charge in [0.05, 0.1) is 12.8 Å². The van der Waals surface area contributed by atoms with Crippen molar-refractivity contribution in [3.05, 3.63) is 42.6 Å². The van der Waals surface area contributed by atoms with Crippen LogP contribution in [0.4, 0.5) is 5.95 Å². The summed E-state index contributed by atoms with van der Waals surface area (Å²) >= 11 is 0. The van der Waals surface area contributed by atoms with Gasteiger partial charge < -0.3 is 24.4 Å². The average molecular weight is 427 g/mol. The van der Waals surface area contributed by atoms with Gasteiger partial charge in [-0.05, 0) is 44.1 Å². The summed E-state index contributed by atoms with van der Waals surface area (Å²) in [6, 6.07) is 5.48. The molecular formula is C22H30N6O3. The molecule has 2 aliphatic rings. The van der Waals surface area contributed by atoms with Crippen molar-refractivity contribution in [3.63, 3.8) is 0 Å². The third kappa shape index (κ3) is 5.81. The summed E-state index contributed by atoms with van der Waals surface area (Å²) in [4.78, 5) is 39.9. The number of piperazine rings is 1. The van der Waals surface area contributed by atoms with E-state index in [1.807, 2.05) is 17.0 Å². The molecule has 0 bridgehead atoms. The minimum atomic E-state index is 0.0372. The predicted molar refractivity (Wildman–Crippen MR) is 115 cm³/mol. The maximum absolute atomic E-state index is 12.6. The Bertz CT molecular complexity index is 828. The highest BCUT2D eigenvalue weighted by Gasteiger charge is 2.26. The van der Waals surface area contributed by atoms with Gasteiger partial charge in [-0.25, -0.2) is 9.97 Å². The molecule has 2 amide bonds. The van der Waals surface area contributed by atoms with Crippen LogP contribution >= 0.6 is 0 Å². The fraction of sp³-hybridized carbons (Fsp3) is 0.545. The number of nitrogens with one attached hydrogen (secondary N) is 1. The SMILES string of the molecule is O=C(NCc1ccco1)C1CCN(CCC(=O)N2CCN(c3ncccn3)CC2)CC1. The Balaban J connectivity index is 1.12. The van der Waals surface area contributed by atoms with Crippen LogP contribution in [0, 0.1) is 5.92 Å². The van der Waals surface area contributed by atoms with Crippen LogP contribution in [-0.2, 0) is 16.1 Å². The molecule has 0 aliphatic carbocycles. The molecule has 2 saturated heterocycles. The monoisotopic (exact) mass is 426 g/mol. The lowest BCUT2D eigenvalue weighted by Crippen LogP contribution is -2.50. The Morgan fingerprint density at radius 2 is 1.77 bits per heavy atom. The molecule has 4 heterocycles. The highest BCUT2D eigenvalue weighted by molar-refractivity contribution is 5.78. The van der Waals surface area contributed by atoms with Crippen molar-refractivity contribution in [2.24, 2.45) is 5.92 Å². The molecule has 2 aromatic heterocycles. The molecule has 9 heteroatoms. The van der Waals surface area contributed by atoms with Crippen LogP contribution in [0.25, 0.3) is 0 Å². The molecule has 0 spiro atoms. The second-order valence-electron chi connectivity index (χ2n) is 8.08. The molecule has 2 aliphatic heterocycles. The van der Waals surface area contributed by atoms with Crippen molar-refractivity contribution in [1.82, 2.24) is 25.1 Å². The molecular weight excluding hydrogens is 396 g/mol. The van der Waals surface area contributed by atoms with E-state index >= 15 is 0 Å². The molecule has 0 saturated carbocycles. The second-order valence-corrected chi connectivity index (χ2v) is 8.08. The summed E-state index contributed by atoms with van der Waals surface area (Å²) < 4.78 is 5.25. The zero-order valence-corrected chi connectivity index (χ0v) is 17.8. The molecule has 0 atom stereocenters. The van der Waals surface area contributed by atoms with Gasteiger partial charge in [-0.1, -0.05) is 0 Å². The molecule has 31 heavy (non-hydrogen) atoms. The van der Waals surface area contributed by atoms with Gasteiger partial charge in [0.15, 0.2) is 0 Å². The van der Waals surface area contributed by atoms with Gasteiger partial charge in [0.1, 0.15) is 5.76 Å². The summed E-state index contributed by atoms with van der Waals surface area (Å²) in [7, 11) is 0. The number of piperidine rings is 1. The van der Waals surface area contributed by atoms with Crippen LogP contribution in [0.2, 0.25) is 0 Å². The number of amides is 2. The summed E-state index contributed by atoms with van der Waals surface area (Å²) in [5.74, 6) is 1.82. The summed E-state index contributed by atoms with van der Waals surface area (Å²) in [5.41, 5.74) is 0. The first kappa shape index (κ1) is 21.3. The van der Waals surface area contributed by atoms with Gasteiger partial charge in [0.2, 0.25) is 17.8 Å². The van der Waals surface area contributed by atoms with E-state index in [2.05, 4.69) is 25.1 Å². The lowest BCUT2D eigenvalue weighted by atomic mass is 9.95. The first-order chi connectivity index (χ1) is 15.2. The Morgan fingerprint density at radius 3 is 2.45 bits per heavy atom. The summed E-state index contributed by atoms with van der Waals surface area (Å²) in [6.07, 6.45) is 7.27. The molecule has 1 N–H and O–H groups in total. The van der Waals surface area contributed by atoms with Crippen LogP contribution in [0.15, 0.2) is 41.3 Å². The summed E-state index contributed by atoms with van der Waals surface area (Å²) in [6.45, 7) is 5.81. The van der Waals surface area contributed by atoms with Crippen molar-refractivity contribution in [3.8, 4) is 0 Å². The maximum Gasteiger partial charge on any atom is 0.225 e. The van der Waals surface area contributed by atoms with Gasteiger partial charge in [0.25, 0.3) is 0 Å². The van der Waals surface area contributed by atoms with Crippen LogP contribution in [0.5, 0.6) is 0 Å². The van der Waals surface area contributed by atoms with E-state index in [4.69, 9.17) is 4.42 Å². The highest BCUT2D eigenvalue weighted by atomic mass is 16.3. The first-order valence-electron chi connectivity index (χ1n) is 11.0. The lowest BCUT2D eigenvalue weighted by molar-refractivity contribution is -0.132. The number of furan rings is 1. The standard InChI is InChI=1S/C22H30N6O3/c29-20(27-12-14-28(15-13-27)22-23-7-2-8-24-22)6-11-26-9-4-18(5-10-26)21(30)25-17-19-3-1-16-31-19/h1-3,7-8,16,18H,4-6,9-15,17H2,(H,25,30). The van der Waals surface area contributed by atoms with Crippen molar-refractivity contribution < 1.29 is 14.0 Å². The zero-order chi connectivity index (χ0) is 21.5. The number of anilines is 1. The Labute approximate surface area is 182 Å². The van der Waals surface area contributed by atoms with Crippen LogP contribution in [0.3, 0.4) is 0 Å². The van der Waals surface area contributed by atoms with E-state index in [-0.39, 0.29) is 17.7 Å². The smallest absolute Gasteiger partial charge is 0.225 e. The van der Waals surface area contributed by atoms with Gasteiger partial charge in [-0.15, -0.1) is 0 Å². The van der Waals surface area contributed by atoms with Gasteiger partial charge in [-0.3, -0.25) is 9.59 Å². The fourth-order valence-electron chi connectivity index (χ4n) is 4.17. The molecule has 166 valence electrons. The highest BCUT2D eigenvalue weighted by Crippen LogP contribution is 2.18. The van der Waals surface area contributed by atoms with Crippen LogP contribution in [0.1, 0.15) is 25.0 Å². The number of carbonyl (C=O) groups excluding carboxylic acids is 2. The fourth-order valence-corrected chi connectivity index (χ4v) is 4.17. The molecule has 0 unspecified atom stereocenters. The lowest BCUT2D eigenvalue weighted by Gasteiger charge is -2.35. The van der Waals surface area contributed by atoms with Crippen molar-refractivity contribution in [2.45, 2.75) is 25.8 Å². The molecule has 2 fully saturated rings. The van der Waals surface area contributed by atoms with Crippen molar-refractivity contribution in [2.75, 3.05) is 50.7 Å². The van der Waals surface area contributed by atoms with E-state index in [1.54, 1.807) is 24.7 Å². The number of rotatable bonds is 7. The predicted octanol–water partition coefficient (Wildman–Crippen LogP) is 1.14. The van der Waals surface area contributed by atoms with E-state index < -0.39 is 0 Å². The second kappa shape index (κ2) is 10.4. The number of hydrogen-bond donors (Lipinski definition) is 1. The third-order valence-corrected chi connectivity index (χ3v) is 6.08. The van der Waals surface area contributed by atoms with Gasteiger partial charge in [-0.2, -0.15) is 0 Å². The Morgan fingerprint density at radius 1 is 1.03 bits per heavy atom. The molecule has 0 aromatic carbocycles. The number of aromatic nitrogens is 2. The number of carbonyl (C=O) groups is 2. The zero-order valence-electron chi connectivity index (χ0n) is 17.8. The molecule has 2 aromatic rings. The summed E-state index contributed by atoms with van der Waals surface area (Å²) in [5, 5.41) is 2.95.